The highest BCUT2D eigenvalue weighted by atomic mass is 14.1. The quantitative estimate of drug-likeness (QED) is 0.687. The Hall–Kier alpha value is -2.08. The van der Waals surface area contributed by atoms with E-state index >= 15 is 0 Å². The maximum absolute atomic E-state index is 2.31. The lowest BCUT2D eigenvalue weighted by Crippen LogP contribution is -1.83. The highest BCUT2D eigenvalue weighted by molar-refractivity contribution is 5.79. The van der Waals surface area contributed by atoms with E-state index in [0.29, 0.717) is 5.92 Å². The van der Waals surface area contributed by atoms with E-state index in [1.165, 1.54) is 22.3 Å². The molecule has 0 saturated heterocycles. The first kappa shape index (κ1) is 11.0. The van der Waals surface area contributed by atoms with Crippen molar-refractivity contribution in [2.45, 2.75) is 6.92 Å². The van der Waals surface area contributed by atoms with Crippen LogP contribution >= 0.6 is 0 Å². The molecule has 2 aromatic carbocycles. The van der Waals surface area contributed by atoms with Crippen molar-refractivity contribution in [2.24, 2.45) is 5.92 Å². The van der Waals surface area contributed by atoms with Crippen molar-refractivity contribution in [1.82, 2.24) is 0 Å². The van der Waals surface area contributed by atoms with Gasteiger partial charge in [0.1, 0.15) is 0 Å². The van der Waals surface area contributed by atoms with E-state index in [-0.39, 0.29) is 0 Å². The summed E-state index contributed by atoms with van der Waals surface area (Å²) in [6, 6.07) is 19.3. The van der Waals surface area contributed by atoms with Crippen LogP contribution in [0.15, 0.2) is 72.8 Å². The third kappa shape index (κ3) is 2.14. The van der Waals surface area contributed by atoms with Crippen LogP contribution in [0.3, 0.4) is 0 Å². The minimum absolute atomic E-state index is 0.556. The fraction of sp³-hybridized carbons (Fsp3) is 0.111. The van der Waals surface area contributed by atoms with Gasteiger partial charge in [-0.05, 0) is 34.2 Å². The summed E-state index contributed by atoms with van der Waals surface area (Å²) in [7, 11) is 0. The summed E-state index contributed by atoms with van der Waals surface area (Å²) in [4.78, 5) is 0. The molecule has 0 aliphatic heterocycles. The molecule has 3 rings (SSSR count). The summed E-state index contributed by atoms with van der Waals surface area (Å²) >= 11 is 0. The Morgan fingerprint density at radius 2 is 1.50 bits per heavy atom. The number of hydrogen-bond donors (Lipinski definition) is 0. The predicted octanol–water partition coefficient (Wildman–Crippen LogP) is 4.94. The van der Waals surface area contributed by atoms with Gasteiger partial charge in [0.15, 0.2) is 0 Å². The Balaban J connectivity index is 2.00. The van der Waals surface area contributed by atoms with Crippen molar-refractivity contribution in [3.8, 4) is 11.1 Å². The van der Waals surface area contributed by atoms with E-state index < -0.39 is 0 Å². The maximum atomic E-state index is 2.31. The second-order valence-corrected chi connectivity index (χ2v) is 4.79. The van der Waals surface area contributed by atoms with E-state index in [1.54, 1.807) is 0 Å². The molecule has 2 aromatic rings. The molecule has 0 heteroatoms. The molecule has 0 aromatic heterocycles. The number of rotatable bonds is 2. The lowest BCUT2D eigenvalue weighted by atomic mass is 9.99. The number of hydrogen-bond acceptors (Lipinski definition) is 0. The highest BCUT2D eigenvalue weighted by Crippen LogP contribution is 2.28. The minimum atomic E-state index is 0.556. The molecule has 18 heavy (non-hydrogen) atoms. The molecule has 1 unspecified atom stereocenters. The van der Waals surface area contributed by atoms with Crippen LogP contribution in [0.25, 0.3) is 16.7 Å². The van der Waals surface area contributed by atoms with Crippen LogP contribution in [0.5, 0.6) is 0 Å². The molecular formula is C18H16. The summed E-state index contributed by atoms with van der Waals surface area (Å²) < 4.78 is 0. The largest absolute Gasteiger partial charge is 0.0773 e. The van der Waals surface area contributed by atoms with Crippen LogP contribution in [0.4, 0.5) is 0 Å². The Kier molecular flexibility index (Phi) is 2.85. The fourth-order valence-corrected chi connectivity index (χ4v) is 2.35. The van der Waals surface area contributed by atoms with Gasteiger partial charge >= 0.3 is 0 Å². The molecule has 0 spiro atoms. The Morgan fingerprint density at radius 1 is 0.778 bits per heavy atom. The van der Waals surface area contributed by atoms with Crippen LogP contribution in [-0.4, -0.2) is 0 Å². The van der Waals surface area contributed by atoms with Gasteiger partial charge in [-0.15, -0.1) is 0 Å². The van der Waals surface area contributed by atoms with Crippen molar-refractivity contribution in [1.29, 1.82) is 0 Å². The van der Waals surface area contributed by atoms with E-state index in [4.69, 9.17) is 0 Å². The molecule has 88 valence electrons. The van der Waals surface area contributed by atoms with E-state index in [1.807, 2.05) is 0 Å². The van der Waals surface area contributed by atoms with Crippen LogP contribution in [0.2, 0.25) is 0 Å². The predicted molar refractivity (Wildman–Crippen MR) is 78.2 cm³/mol. The monoisotopic (exact) mass is 232 g/mol. The second kappa shape index (κ2) is 4.66. The van der Waals surface area contributed by atoms with Crippen molar-refractivity contribution < 1.29 is 0 Å². The third-order valence-electron chi connectivity index (χ3n) is 3.32. The average molecular weight is 232 g/mol. The molecule has 0 N–H and O–H groups in total. The van der Waals surface area contributed by atoms with Gasteiger partial charge in [0, 0.05) is 0 Å². The van der Waals surface area contributed by atoms with Crippen LogP contribution in [0.1, 0.15) is 12.5 Å². The molecular weight excluding hydrogens is 216 g/mol. The van der Waals surface area contributed by atoms with E-state index in [2.05, 4.69) is 79.7 Å². The molecule has 1 aliphatic rings. The summed E-state index contributed by atoms with van der Waals surface area (Å²) in [5.41, 5.74) is 5.19. The van der Waals surface area contributed by atoms with Gasteiger partial charge in [-0.2, -0.15) is 0 Å². The average Bonchev–Trinajstić information content (AvgIpc) is 2.87. The van der Waals surface area contributed by atoms with Crippen LogP contribution < -0.4 is 0 Å². The van der Waals surface area contributed by atoms with Crippen molar-refractivity contribution in [3.63, 3.8) is 0 Å². The van der Waals surface area contributed by atoms with E-state index in [9.17, 15) is 0 Å². The molecule has 0 bridgehead atoms. The molecule has 0 fully saturated rings. The smallest absolute Gasteiger partial charge is 0.00693 e. The van der Waals surface area contributed by atoms with Gasteiger partial charge in [-0.25, -0.2) is 0 Å². The maximum Gasteiger partial charge on any atom is -0.00693 e. The topological polar surface area (TPSA) is 0 Å². The SMILES string of the molecule is CC1C=CC(c2cccc(-c3ccccc3)c2)=C1. The van der Waals surface area contributed by atoms with Crippen molar-refractivity contribution in [3.05, 3.63) is 78.4 Å². The summed E-state index contributed by atoms with van der Waals surface area (Å²) in [6.07, 6.45) is 6.77. The lowest BCUT2D eigenvalue weighted by molar-refractivity contribution is 0.959. The summed E-state index contributed by atoms with van der Waals surface area (Å²) in [5, 5.41) is 0. The van der Waals surface area contributed by atoms with Gasteiger partial charge in [-0.3, -0.25) is 0 Å². The van der Waals surface area contributed by atoms with Gasteiger partial charge in [0.05, 0.1) is 0 Å². The first-order chi connectivity index (χ1) is 8.83. The standard InChI is InChI=1S/C18H16/c1-14-10-11-18(12-14)17-9-5-8-16(13-17)15-6-3-2-4-7-15/h2-14H,1H3. The molecule has 0 saturated carbocycles. The normalized spacial score (nSPS) is 17.8. The number of allylic oxidation sites excluding steroid dienone is 4. The Bertz CT molecular complexity index is 603. The molecule has 0 radical (unpaired) electrons. The zero-order chi connectivity index (χ0) is 12.4. The highest BCUT2D eigenvalue weighted by Gasteiger charge is 2.07. The molecule has 0 amide bonds. The zero-order valence-electron chi connectivity index (χ0n) is 10.5. The summed E-state index contributed by atoms with van der Waals surface area (Å²) in [5.74, 6) is 0.556. The van der Waals surface area contributed by atoms with Gasteiger partial charge < -0.3 is 0 Å². The molecule has 1 atom stereocenters. The van der Waals surface area contributed by atoms with E-state index in [0.717, 1.165) is 0 Å². The van der Waals surface area contributed by atoms with Crippen molar-refractivity contribution >= 4 is 5.57 Å². The third-order valence-corrected chi connectivity index (χ3v) is 3.32. The Labute approximate surface area is 108 Å². The van der Waals surface area contributed by atoms with Crippen molar-refractivity contribution in [2.75, 3.05) is 0 Å². The van der Waals surface area contributed by atoms with Gasteiger partial charge in [-0.1, -0.05) is 73.7 Å². The van der Waals surface area contributed by atoms with Gasteiger partial charge in [0.25, 0.3) is 0 Å². The first-order valence-corrected chi connectivity index (χ1v) is 6.39. The summed E-state index contributed by atoms with van der Waals surface area (Å²) in [6.45, 7) is 2.21. The molecule has 0 heterocycles. The minimum Gasteiger partial charge on any atom is -0.0773 e. The van der Waals surface area contributed by atoms with Crippen LogP contribution in [-0.2, 0) is 0 Å². The van der Waals surface area contributed by atoms with Gasteiger partial charge in [0.2, 0.25) is 0 Å². The fourth-order valence-electron chi connectivity index (χ4n) is 2.35. The molecule has 0 nitrogen and oxygen atoms in total. The lowest BCUT2D eigenvalue weighted by Gasteiger charge is -2.05. The zero-order valence-corrected chi connectivity index (χ0v) is 10.5. The van der Waals surface area contributed by atoms with Crippen LogP contribution in [0, 0.1) is 5.92 Å². The first-order valence-electron chi connectivity index (χ1n) is 6.39. The Morgan fingerprint density at radius 3 is 2.22 bits per heavy atom. The number of benzene rings is 2. The second-order valence-electron chi connectivity index (χ2n) is 4.79. The molecule has 1 aliphatic carbocycles.